The molecule has 2 aliphatic rings. The molecule has 33 heavy (non-hydrogen) atoms. The van der Waals surface area contributed by atoms with Crippen molar-refractivity contribution in [1.29, 1.82) is 5.41 Å². The van der Waals surface area contributed by atoms with Gasteiger partial charge in [0.15, 0.2) is 23.2 Å². The highest BCUT2D eigenvalue weighted by atomic mass is 16.7. The van der Waals surface area contributed by atoms with E-state index in [4.69, 9.17) is 24.5 Å². The van der Waals surface area contributed by atoms with Crippen LogP contribution in [0.3, 0.4) is 0 Å². The van der Waals surface area contributed by atoms with Crippen molar-refractivity contribution in [1.82, 2.24) is 5.06 Å². The standard InChI is InChI=1S/C25H25N3O5/c1-15-5-7-19(11-16(15)2)31-9-10-32-21-8-6-18(14-22(21)30-4)13-20-24(26)28-23(27-25(20)29)12-17(3)33-28/h5-8,11-14,26H,9-10H2,1-4H3/b20-13+,26-24?. The molecule has 4 rings (SSSR count). The van der Waals surface area contributed by atoms with Crippen LogP contribution in [-0.2, 0) is 9.63 Å². The average molecular weight is 447 g/mol. The van der Waals surface area contributed by atoms with Gasteiger partial charge in [-0.05, 0) is 67.8 Å². The minimum absolute atomic E-state index is 0.0686. The molecule has 1 N–H and O–H groups in total. The van der Waals surface area contributed by atoms with Crippen molar-refractivity contribution in [2.75, 3.05) is 20.3 Å². The fourth-order valence-corrected chi connectivity index (χ4v) is 3.38. The lowest BCUT2D eigenvalue weighted by Crippen LogP contribution is -2.38. The molecule has 2 aromatic carbocycles. The first-order valence-electron chi connectivity index (χ1n) is 10.5. The number of fused-ring (bicyclic) bond motifs is 1. The van der Waals surface area contributed by atoms with Crippen LogP contribution in [0.25, 0.3) is 6.08 Å². The van der Waals surface area contributed by atoms with Crippen LogP contribution >= 0.6 is 0 Å². The van der Waals surface area contributed by atoms with E-state index < -0.39 is 5.91 Å². The summed E-state index contributed by atoms with van der Waals surface area (Å²) < 4.78 is 17.0. The van der Waals surface area contributed by atoms with Crippen molar-refractivity contribution < 1.29 is 23.8 Å². The van der Waals surface area contributed by atoms with Gasteiger partial charge in [-0.3, -0.25) is 10.2 Å². The lowest BCUT2D eigenvalue weighted by Gasteiger charge is -2.23. The summed E-state index contributed by atoms with van der Waals surface area (Å²) in [5.41, 5.74) is 3.19. The maximum absolute atomic E-state index is 12.4. The molecule has 2 heterocycles. The second-order valence-electron chi connectivity index (χ2n) is 7.68. The molecule has 0 radical (unpaired) electrons. The van der Waals surface area contributed by atoms with Crippen molar-refractivity contribution in [2.24, 2.45) is 4.99 Å². The third-order valence-corrected chi connectivity index (χ3v) is 5.27. The van der Waals surface area contributed by atoms with E-state index in [-0.39, 0.29) is 11.4 Å². The minimum Gasteiger partial charge on any atom is -0.493 e. The molecule has 0 spiro atoms. The highest BCUT2D eigenvalue weighted by Crippen LogP contribution is 2.30. The summed E-state index contributed by atoms with van der Waals surface area (Å²) in [5, 5.41) is 9.55. The molecule has 0 aliphatic carbocycles. The summed E-state index contributed by atoms with van der Waals surface area (Å²) in [6.07, 6.45) is 3.19. The highest BCUT2D eigenvalue weighted by molar-refractivity contribution is 6.32. The van der Waals surface area contributed by atoms with Crippen LogP contribution in [0.4, 0.5) is 0 Å². The zero-order valence-corrected chi connectivity index (χ0v) is 19.0. The minimum atomic E-state index is -0.497. The number of amidine groups is 2. The van der Waals surface area contributed by atoms with E-state index in [2.05, 4.69) is 11.9 Å². The van der Waals surface area contributed by atoms with E-state index >= 15 is 0 Å². The summed E-state index contributed by atoms with van der Waals surface area (Å²) in [7, 11) is 1.54. The topological polar surface area (TPSA) is 93.4 Å². The zero-order chi connectivity index (χ0) is 23.5. The maximum Gasteiger partial charge on any atom is 0.282 e. The molecule has 0 atom stereocenters. The molecule has 0 unspecified atom stereocenters. The van der Waals surface area contributed by atoms with Crippen molar-refractivity contribution in [3.8, 4) is 17.2 Å². The first-order chi connectivity index (χ1) is 15.9. The molecule has 8 nitrogen and oxygen atoms in total. The van der Waals surface area contributed by atoms with Gasteiger partial charge in [0.25, 0.3) is 5.91 Å². The molecule has 0 aromatic heterocycles. The smallest absolute Gasteiger partial charge is 0.282 e. The Kier molecular flexibility index (Phi) is 6.17. The van der Waals surface area contributed by atoms with E-state index in [0.29, 0.717) is 41.9 Å². The second kappa shape index (κ2) is 9.20. The molecule has 0 saturated carbocycles. The predicted octanol–water partition coefficient (Wildman–Crippen LogP) is 4.22. The van der Waals surface area contributed by atoms with E-state index in [1.54, 1.807) is 44.4 Å². The van der Waals surface area contributed by atoms with Crippen molar-refractivity contribution in [3.63, 3.8) is 0 Å². The Balaban J connectivity index is 1.42. The van der Waals surface area contributed by atoms with Gasteiger partial charge >= 0.3 is 0 Å². The number of allylic oxidation sites excluding steroid dienone is 1. The monoisotopic (exact) mass is 447 g/mol. The first-order valence-corrected chi connectivity index (χ1v) is 10.5. The highest BCUT2D eigenvalue weighted by Gasteiger charge is 2.34. The van der Waals surface area contributed by atoms with Crippen molar-refractivity contribution in [3.05, 3.63) is 70.5 Å². The molecular weight excluding hydrogens is 422 g/mol. The summed E-state index contributed by atoms with van der Waals surface area (Å²) in [6, 6.07) is 11.2. The lowest BCUT2D eigenvalue weighted by molar-refractivity contribution is -0.114. The average Bonchev–Trinajstić information content (AvgIpc) is 3.17. The van der Waals surface area contributed by atoms with Crippen LogP contribution in [-0.4, -0.2) is 43.0 Å². The summed E-state index contributed by atoms with van der Waals surface area (Å²) in [4.78, 5) is 21.9. The number of nitrogens with one attached hydrogen (secondary N) is 1. The molecule has 8 heteroatoms. The number of aryl methyl sites for hydroxylation is 2. The Hall–Kier alpha value is -4.07. The van der Waals surface area contributed by atoms with Gasteiger partial charge in [0.05, 0.1) is 12.7 Å². The lowest BCUT2D eigenvalue weighted by atomic mass is 10.1. The number of hydrogen-bond donors (Lipinski definition) is 1. The number of amides is 1. The number of carbonyl (C=O) groups is 1. The zero-order valence-electron chi connectivity index (χ0n) is 19.0. The van der Waals surface area contributed by atoms with E-state index in [1.807, 2.05) is 25.1 Å². The molecule has 2 aromatic rings. The third-order valence-electron chi connectivity index (χ3n) is 5.27. The Bertz CT molecular complexity index is 1210. The fraction of sp³-hybridized carbons (Fsp3) is 0.240. The first kappa shape index (κ1) is 22.1. The normalized spacial score (nSPS) is 16.2. The number of hydroxylamine groups is 2. The van der Waals surface area contributed by atoms with Crippen molar-refractivity contribution in [2.45, 2.75) is 20.8 Å². The largest absolute Gasteiger partial charge is 0.493 e. The number of hydrogen-bond acceptors (Lipinski definition) is 6. The molecule has 2 aliphatic heterocycles. The number of carbonyl (C=O) groups excluding carboxylic acids is 1. The Morgan fingerprint density at radius 1 is 1.03 bits per heavy atom. The third kappa shape index (κ3) is 4.74. The number of ether oxygens (including phenoxy) is 3. The molecule has 0 bridgehead atoms. The molecule has 1 amide bonds. The molecule has 0 fully saturated rings. The molecule has 170 valence electrons. The number of rotatable bonds is 7. The fourth-order valence-electron chi connectivity index (χ4n) is 3.38. The molecular formula is C25H25N3O5. The van der Waals surface area contributed by atoms with Gasteiger partial charge in [0.2, 0.25) is 0 Å². The van der Waals surface area contributed by atoms with Gasteiger partial charge < -0.3 is 19.0 Å². The van der Waals surface area contributed by atoms with Crippen LogP contribution in [0.2, 0.25) is 0 Å². The summed E-state index contributed by atoms with van der Waals surface area (Å²) >= 11 is 0. The number of nitrogens with zero attached hydrogens (tertiary/aromatic N) is 2. The van der Waals surface area contributed by atoms with Gasteiger partial charge in [0, 0.05) is 6.08 Å². The quantitative estimate of drug-likeness (QED) is 0.505. The van der Waals surface area contributed by atoms with Gasteiger partial charge in [-0.1, -0.05) is 12.1 Å². The van der Waals surface area contributed by atoms with Crippen LogP contribution < -0.4 is 14.2 Å². The number of benzene rings is 2. The van der Waals surface area contributed by atoms with Crippen LogP contribution in [0.15, 0.2) is 58.8 Å². The molecule has 0 saturated heterocycles. The SMILES string of the molecule is COc1cc(/C=C2\C(=N)N3OC(C)=CC3=NC2=O)ccc1OCCOc1ccc(C)c(C)c1. The summed E-state index contributed by atoms with van der Waals surface area (Å²) in [5.74, 6) is 2.17. The number of aliphatic imine (C=N–C) groups is 1. The second-order valence-corrected chi connectivity index (χ2v) is 7.68. The van der Waals surface area contributed by atoms with Crippen LogP contribution in [0.5, 0.6) is 17.2 Å². The van der Waals surface area contributed by atoms with E-state index in [9.17, 15) is 4.79 Å². The van der Waals surface area contributed by atoms with Crippen LogP contribution in [0, 0.1) is 19.3 Å². The van der Waals surface area contributed by atoms with Gasteiger partial charge in [-0.15, -0.1) is 5.06 Å². The maximum atomic E-state index is 12.4. The van der Waals surface area contributed by atoms with Gasteiger partial charge in [0.1, 0.15) is 24.7 Å². The summed E-state index contributed by atoms with van der Waals surface area (Å²) in [6.45, 7) is 6.56. The van der Waals surface area contributed by atoms with Gasteiger partial charge in [-0.2, -0.15) is 4.99 Å². The van der Waals surface area contributed by atoms with E-state index in [1.165, 1.54) is 16.2 Å². The Morgan fingerprint density at radius 3 is 2.58 bits per heavy atom. The van der Waals surface area contributed by atoms with Gasteiger partial charge in [-0.25, -0.2) is 0 Å². The number of methoxy groups -OCH3 is 1. The van der Waals surface area contributed by atoms with E-state index in [0.717, 1.165) is 5.75 Å². The van der Waals surface area contributed by atoms with Crippen LogP contribution in [0.1, 0.15) is 23.6 Å². The Morgan fingerprint density at radius 2 is 1.82 bits per heavy atom. The Labute approximate surface area is 192 Å². The van der Waals surface area contributed by atoms with Crippen molar-refractivity contribution >= 4 is 23.7 Å². The predicted molar refractivity (Wildman–Crippen MR) is 125 cm³/mol.